The van der Waals surface area contributed by atoms with Gasteiger partial charge >= 0.3 is 142 Å². The summed E-state index contributed by atoms with van der Waals surface area (Å²) in [5.74, 6) is 1.18. The predicted molar refractivity (Wildman–Crippen MR) is 94.4 cm³/mol. The molecule has 1 aromatic carbocycles. The second kappa shape index (κ2) is 6.02. The van der Waals surface area contributed by atoms with Gasteiger partial charge in [-0.1, -0.05) is 0 Å². The maximum absolute atomic E-state index is 8.03. The quantitative estimate of drug-likeness (QED) is 0.482. The number of nitrogen functional groups attached to an aromatic ring is 1. The summed E-state index contributed by atoms with van der Waals surface area (Å²) >= 11 is 2.74. The van der Waals surface area contributed by atoms with Crippen LogP contribution in [0.25, 0.3) is 11.0 Å². The van der Waals surface area contributed by atoms with Crippen LogP contribution in [0, 0.1) is 12.3 Å². The molecule has 0 saturated carbocycles. The third kappa shape index (κ3) is 2.58. The van der Waals surface area contributed by atoms with E-state index in [1.807, 2.05) is 16.7 Å². The Labute approximate surface area is 142 Å². The number of anilines is 2. The molecule has 0 saturated heterocycles. The van der Waals surface area contributed by atoms with Crippen LogP contribution in [0.1, 0.15) is 16.7 Å². The number of benzene rings is 1. The zero-order chi connectivity index (χ0) is 16.6. The van der Waals surface area contributed by atoms with Crippen LogP contribution in [0.15, 0.2) is 30.6 Å². The monoisotopic (exact) mass is 373 g/mol. The van der Waals surface area contributed by atoms with Crippen LogP contribution >= 0.6 is 0 Å². The molecule has 3 aromatic rings. The third-order valence-corrected chi connectivity index (χ3v) is 4.36. The minimum absolute atomic E-state index is 0.280. The Morgan fingerprint density at radius 1 is 1.35 bits per heavy atom. The molecule has 1 radical (unpaired) electrons. The van der Waals surface area contributed by atoms with E-state index in [2.05, 4.69) is 50.4 Å². The zero-order valence-corrected chi connectivity index (χ0v) is 14.6. The van der Waals surface area contributed by atoms with Crippen molar-refractivity contribution in [2.75, 3.05) is 18.1 Å². The van der Waals surface area contributed by atoms with Gasteiger partial charge in [0.1, 0.15) is 0 Å². The van der Waals surface area contributed by atoms with Crippen LogP contribution < -0.4 is 11.1 Å². The Balaban J connectivity index is 2.27. The standard InChI is InChI=1S/C16H17N6Se/c1-9-5-3-4-6-10(9)7-22-13(17)11(14(18)23)12-15(19-2)20-8-21-16(12)22/h3-6,8,18H,7,17H2,1-2H3,(H,19,20,21). The Morgan fingerprint density at radius 2 is 2.09 bits per heavy atom. The molecule has 0 amide bonds. The average molecular weight is 372 g/mol. The van der Waals surface area contributed by atoms with Gasteiger partial charge in [-0.25, -0.2) is 0 Å². The Hall–Kier alpha value is -2.37. The molecule has 3 rings (SSSR count). The summed E-state index contributed by atoms with van der Waals surface area (Å²) in [7, 11) is 1.80. The number of aryl methyl sites for hydroxylation is 1. The van der Waals surface area contributed by atoms with Crippen LogP contribution in [0.2, 0.25) is 0 Å². The Bertz CT molecular complexity index is 899. The molecule has 7 heteroatoms. The van der Waals surface area contributed by atoms with E-state index in [-0.39, 0.29) is 4.61 Å². The second-order valence-corrected chi connectivity index (χ2v) is 6.13. The summed E-state index contributed by atoms with van der Waals surface area (Å²) in [6.45, 7) is 2.67. The van der Waals surface area contributed by atoms with Crippen LogP contribution in [-0.2, 0) is 6.54 Å². The van der Waals surface area contributed by atoms with Gasteiger partial charge in [0, 0.05) is 0 Å². The summed E-state index contributed by atoms with van der Waals surface area (Å²) in [6.07, 6.45) is 1.51. The molecule has 2 aromatic heterocycles. The first-order valence-electron chi connectivity index (χ1n) is 7.15. The molecule has 0 aliphatic rings. The van der Waals surface area contributed by atoms with Crippen molar-refractivity contribution < 1.29 is 0 Å². The van der Waals surface area contributed by atoms with E-state index in [0.29, 0.717) is 23.7 Å². The van der Waals surface area contributed by atoms with Gasteiger partial charge in [0.25, 0.3) is 0 Å². The molecule has 2 heterocycles. The molecule has 4 N–H and O–H groups in total. The number of aromatic nitrogens is 3. The van der Waals surface area contributed by atoms with Crippen LogP contribution in [0.4, 0.5) is 11.6 Å². The molecule has 0 aliphatic heterocycles. The topological polar surface area (TPSA) is 92.6 Å². The van der Waals surface area contributed by atoms with Gasteiger partial charge < -0.3 is 0 Å². The molecule has 117 valence electrons. The fraction of sp³-hybridized carbons (Fsp3) is 0.188. The normalized spacial score (nSPS) is 10.9. The van der Waals surface area contributed by atoms with Crippen molar-refractivity contribution in [2.24, 2.45) is 0 Å². The number of nitrogens with two attached hydrogens (primary N) is 1. The zero-order valence-electron chi connectivity index (χ0n) is 12.9. The van der Waals surface area contributed by atoms with E-state index in [4.69, 9.17) is 11.1 Å². The van der Waals surface area contributed by atoms with Crippen molar-refractivity contribution in [1.29, 1.82) is 5.41 Å². The predicted octanol–water partition coefficient (Wildman–Crippen LogP) is 1.91. The summed E-state index contributed by atoms with van der Waals surface area (Å²) in [5, 5.41) is 11.9. The first-order chi connectivity index (χ1) is 11.0. The van der Waals surface area contributed by atoms with Crippen molar-refractivity contribution in [2.45, 2.75) is 13.5 Å². The summed E-state index contributed by atoms with van der Waals surface area (Å²) < 4.78 is 2.21. The van der Waals surface area contributed by atoms with Gasteiger partial charge in [-0.3, -0.25) is 0 Å². The van der Waals surface area contributed by atoms with Crippen molar-refractivity contribution in [3.63, 3.8) is 0 Å². The Kier molecular flexibility index (Phi) is 4.07. The summed E-state index contributed by atoms with van der Waals surface area (Å²) in [5.41, 5.74) is 10.1. The average Bonchev–Trinajstić information content (AvgIpc) is 2.82. The third-order valence-electron chi connectivity index (χ3n) is 3.93. The van der Waals surface area contributed by atoms with Crippen LogP contribution in [0.3, 0.4) is 0 Å². The number of hydrogen-bond acceptors (Lipinski definition) is 5. The van der Waals surface area contributed by atoms with Crippen molar-refractivity contribution in [3.8, 4) is 0 Å². The first-order valence-corrected chi connectivity index (χ1v) is 8.01. The molecular weight excluding hydrogens is 355 g/mol. The molecular formula is C16H17N6Se. The van der Waals surface area contributed by atoms with Gasteiger partial charge in [0.05, 0.1) is 0 Å². The van der Waals surface area contributed by atoms with E-state index in [0.717, 1.165) is 11.0 Å². The molecule has 23 heavy (non-hydrogen) atoms. The number of nitrogens with zero attached hydrogens (tertiary/aromatic N) is 3. The maximum atomic E-state index is 8.03. The number of nitrogens with one attached hydrogen (secondary N) is 2. The van der Waals surface area contributed by atoms with Gasteiger partial charge in [-0.15, -0.1) is 0 Å². The molecule has 0 spiro atoms. The molecule has 0 fully saturated rings. The molecule has 0 atom stereocenters. The Morgan fingerprint density at radius 3 is 2.74 bits per heavy atom. The van der Waals surface area contributed by atoms with Crippen LogP contribution in [-0.4, -0.2) is 42.2 Å². The fourth-order valence-corrected chi connectivity index (χ4v) is 3.16. The van der Waals surface area contributed by atoms with E-state index < -0.39 is 0 Å². The van der Waals surface area contributed by atoms with E-state index in [9.17, 15) is 0 Å². The molecule has 0 unspecified atom stereocenters. The molecule has 0 bridgehead atoms. The first kappa shape index (κ1) is 15.5. The minimum atomic E-state index is 0.280. The van der Waals surface area contributed by atoms with Gasteiger partial charge in [-0.2, -0.15) is 0 Å². The molecule has 0 aliphatic carbocycles. The van der Waals surface area contributed by atoms with E-state index >= 15 is 0 Å². The van der Waals surface area contributed by atoms with Crippen molar-refractivity contribution in [1.82, 2.24) is 14.5 Å². The number of fused-ring (bicyclic) bond motifs is 1. The van der Waals surface area contributed by atoms with E-state index in [1.165, 1.54) is 17.5 Å². The van der Waals surface area contributed by atoms with E-state index in [1.54, 1.807) is 7.05 Å². The summed E-state index contributed by atoms with van der Waals surface area (Å²) in [4.78, 5) is 8.65. The second-order valence-electron chi connectivity index (χ2n) is 5.27. The van der Waals surface area contributed by atoms with Crippen LogP contribution in [0.5, 0.6) is 0 Å². The number of hydrogen-bond donors (Lipinski definition) is 3. The SMILES string of the molecule is CNc1ncnc2c1c(C(=N)[Se])c(N)n2Cc1ccccc1C. The van der Waals surface area contributed by atoms with Gasteiger partial charge in [0.15, 0.2) is 0 Å². The van der Waals surface area contributed by atoms with Crippen molar-refractivity contribution >= 4 is 43.3 Å². The molecule has 6 nitrogen and oxygen atoms in total. The number of rotatable bonds is 4. The summed E-state index contributed by atoms with van der Waals surface area (Å²) in [6, 6.07) is 8.17. The van der Waals surface area contributed by atoms with Crippen molar-refractivity contribution in [3.05, 3.63) is 47.3 Å². The fourth-order valence-electron chi connectivity index (χ4n) is 2.73. The van der Waals surface area contributed by atoms with Gasteiger partial charge in [0.2, 0.25) is 0 Å². The van der Waals surface area contributed by atoms with Gasteiger partial charge in [-0.05, 0) is 0 Å².